The summed E-state index contributed by atoms with van der Waals surface area (Å²) >= 11 is 0. The summed E-state index contributed by atoms with van der Waals surface area (Å²) in [5.41, 5.74) is 0.936. The number of hydrogen-bond donors (Lipinski definition) is 0. The Morgan fingerprint density at radius 3 is 1.39 bits per heavy atom. The Bertz CT molecular complexity index is 482. The van der Waals surface area contributed by atoms with Gasteiger partial charge in [0.25, 0.3) is 0 Å². The Hall–Kier alpha value is -1.32. The summed E-state index contributed by atoms with van der Waals surface area (Å²) < 4.78 is 11.0. The monoisotopic (exact) mass is 438 g/mol. The van der Waals surface area contributed by atoms with E-state index < -0.39 is 0 Å². The van der Waals surface area contributed by atoms with Crippen LogP contribution in [0.2, 0.25) is 0 Å². The lowest BCUT2D eigenvalue weighted by atomic mass is 10.0. The van der Waals surface area contributed by atoms with E-state index in [0.717, 1.165) is 51.4 Å². The molecule has 0 radical (unpaired) electrons. The number of carbonyl (C=O) groups excluding carboxylic acids is 2. The van der Waals surface area contributed by atoms with Gasteiger partial charge in [-0.3, -0.25) is 0 Å². The summed E-state index contributed by atoms with van der Waals surface area (Å²) in [5, 5.41) is 0. The molecular weight excluding hydrogens is 388 g/mol. The van der Waals surface area contributed by atoms with Crippen LogP contribution < -0.4 is 0 Å². The smallest absolute Gasteiger partial charge is 0.334 e. The Kier molecular flexibility index (Phi) is 21.0. The van der Waals surface area contributed by atoms with E-state index in [-0.39, 0.29) is 11.9 Å². The number of esters is 2. The molecule has 0 atom stereocenters. The number of hydrogen-bond acceptors (Lipinski definition) is 4. The van der Waals surface area contributed by atoms with Crippen molar-refractivity contribution in [3.8, 4) is 0 Å². The molecule has 0 heterocycles. The summed E-state index contributed by atoms with van der Waals surface area (Å²) in [4.78, 5) is 25.2. The Balaban J connectivity index is 4.54. The van der Waals surface area contributed by atoms with Crippen molar-refractivity contribution in [3.05, 3.63) is 11.1 Å². The number of unbranched alkanes of at least 4 members (excludes halogenated alkanes) is 13. The van der Waals surface area contributed by atoms with Crippen LogP contribution in [0.4, 0.5) is 0 Å². The second kappa shape index (κ2) is 21.9. The molecule has 0 aromatic rings. The van der Waals surface area contributed by atoms with Gasteiger partial charge >= 0.3 is 11.9 Å². The fourth-order valence-corrected chi connectivity index (χ4v) is 3.58. The number of ether oxygens (including phenoxy) is 2. The van der Waals surface area contributed by atoms with Crippen LogP contribution in [0.1, 0.15) is 137 Å². The average molecular weight is 439 g/mol. The molecule has 4 nitrogen and oxygen atoms in total. The molecule has 0 saturated carbocycles. The van der Waals surface area contributed by atoms with Crippen LogP contribution in [0, 0.1) is 0 Å². The molecule has 0 saturated heterocycles. The van der Waals surface area contributed by atoms with Gasteiger partial charge in [-0.25, -0.2) is 9.59 Å². The number of carbonyl (C=O) groups is 2. The highest BCUT2D eigenvalue weighted by Crippen LogP contribution is 2.18. The summed E-state index contributed by atoms with van der Waals surface area (Å²) in [7, 11) is 0. The second-order valence-electron chi connectivity index (χ2n) is 8.72. The lowest BCUT2D eigenvalue weighted by Gasteiger charge is -2.12. The van der Waals surface area contributed by atoms with Gasteiger partial charge in [-0.2, -0.15) is 0 Å². The van der Waals surface area contributed by atoms with E-state index >= 15 is 0 Å². The molecule has 0 spiro atoms. The van der Waals surface area contributed by atoms with Crippen LogP contribution in [-0.4, -0.2) is 25.2 Å². The lowest BCUT2D eigenvalue weighted by Crippen LogP contribution is -2.16. The Morgan fingerprint density at radius 2 is 0.903 bits per heavy atom. The summed E-state index contributed by atoms with van der Waals surface area (Å²) in [5.74, 6) is -0.699. The third-order valence-corrected chi connectivity index (χ3v) is 5.75. The van der Waals surface area contributed by atoms with E-state index in [1.54, 1.807) is 6.92 Å². The molecule has 0 aliphatic heterocycles. The van der Waals surface area contributed by atoms with Crippen LogP contribution in [0.5, 0.6) is 0 Å². The topological polar surface area (TPSA) is 52.6 Å². The first-order valence-electron chi connectivity index (χ1n) is 13.1. The van der Waals surface area contributed by atoms with Crippen molar-refractivity contribution in [3.63, 3.8) is 0 Å². The predicted molar refractivity (Wildman–Crippen MR) is 130 cm³/mol. The van der Waals surface area contributed by atoms with Crippen molar-refractivity contribution in [2.45, 2.75) is 137 Å². The van der Waals surface area contributed by atoms with Crippen molar-refractivity contribution >= 4 is 11.9 Å². The maximum Gasteiger partial charge on any atom is 0.334 e. The van der Waals surface area contributed by atoms with Gasteiger partial charge in [-0.15, -0.1) is 0 Å². The Labute approximate surface area is 192 Å². The van der Waals surface area contributed by atoms with Gasteiger partial charge in [0, 0.05) is 11.1 Å². The molecule has 4 heteroatoms. The van der Waals surface area contributed by atoms with Crippen LogP contribution in [0.15, 0.2) is 11.1 Å². The highest BCUT2D eigenvalue weighted by molar-refractivity contribution is 5.99. The van der Waals surface area contributed by atoms with Gasteiger partial charge in [0.05, 0.1) is 13.2 Å². The fraction of sp³-hybridized carbons (Fsp3) is 0.852. The van der Waals surface area contributed by atoms with Gasteiger partial charge in [0.15, 0.2) is 0 Å². The van der Waals surface area contributed by atoms with E-state index in [1.165, 1.54) is 51.4 Å². The standard InChI is InChI=1S/C27H50O4/c1-5-8-11-14-16-19-22-30-26(28)24(4)25(21-18-13-10-7-3)27(29)31-23-20-17-15-12-9-6-2/h5-23H2,1-4H3/b25-24-. The molecule has 31 heavy (non-hydrogen) atoms. The van der Waals surface area contributed by atoms with E-state index in [0.29, 0.717) is 30.8 Å². The molecule has 0 unspecified atom stereocenters. The average Bonchev–Trinajstić information content (AvgIpc) is 2.77. The third-order valence-electron chi connectivity index (χ3n) is 5.75. The molecule has 0 fully saturated rings. The molecule has 0 aromatic carbocycles. The highest BCUT2D eigenvalue weighted by Gasteiger charge is 2.19. The van der Waals surface area contributed by atoms with Gasteiger partial charge in [-0.1, -0.05) is 104 Å². The molecule has 0 N–H and O–H groups in total. The quantitative estimate of drug-likeness (QED) is 0.103. The molecule has 182 valence electrons. The van der Waals surface area contributed by atoms with Gasteiger partial charge in [-0.05, 0) is 32.6 Å². The zero-order chi connectivity index (χ0) is 23.2. The summed E-state index contributed by atoms with van der Waals surface area (Å²) in [6.07, 6.45) is 18.6. The molecule has 0 aliphatic carbocycles. The van der Waals surface area contributed by atoms with E-state index in [4.69, 9.17) is 9.47 Å². The van der Waals surface area contributed by atoms with Gasteiger partial charge < -0.3 is 9.47 Å². The normalized spacial score (nSPS) is 11.9. The molecule has 0 bridgehead atoms. The fourth-order valence-electron chi connectivity index (χ4n) is 3.58. The zero-order valence-corrected chi connectivity index (χ0v) is 21.1. The first-order valence-corrected chi connectivity index (χ1v) is 13.1. The first kappa shape index (κ1) is 29.7. The maximum atomic E-state index is 12.7. The van der Waals surface area contributed by atoms with Crippen molar-refractivity contribution in [1.82, 2.24) is 0 Å². The molecule has 0 rings (SSSR count). The molecule has 0 aromatic heterocycles. The highest BCUT2D eigenvalue weighted by atomic mass is 16.5. The minimum absolute atomic E-state index is 0.334. The minimum Gasteiger partial charge on any atom is -0.462 e. The van der Waals surface area contributed by atoms with Crippen molar-refractivity contribution in [1.29, 1.82) is 0 Å². The van der Waals surface area contributed by atoms with Crippen molar-refractivity contribution in [2.75, 3.05) is 13.2 Å². The largest absolute Gasteiger partial charge is 0.462 e. The summed E-state index contributed by atoms with van der Waals surface area (Å²) in [6, 6.07) is 0. The molecular formula is C27H50O4. The van der Waals surface area contributed by atoms with Gasteiger partial charge in [0.1, 0.15) is 0 Å². The molecule has 0 amide bonds. The van der Waals surface area contributed by atoms with Crippen molar-refractivity contribution in [2.24, 2.45) is 0 Å². The van der Waals surface area contributed by atoms with Crippen LogP contribution in [0.25, 0.3) is 0 Å². The van der Waals surface area contributed by atoms with Crippen LogP contribution in [-0.2, 0) is 19.1 Å². The van der Waals surface area contributed by atoms with Gasteiger partial charge in [0.2, 0.25) is 0 Å². The number of rotatable bonds is 21. The zero-order valence-electron chi connectivity index (χ0n) is 21.1. The minimum atomic E-state index is -0.365. The van der Waals surface area contributed by atoms with Crippen LogP contribution >= 0.6 is 0 Å². The SMILES string of the molecule is CCCCCCCCOC(=O)/C(C)=C(/CCCCCC)C(=O)OCCCCCCCC. The first-order chi connectivity index (χ1) is 15.1. The third kappa shape index (κ3) is 17.0. The lowest BCUT2D eigenvalue weighted by molar-refractivity contribution is -0.142. The maximum absolute atomic E-state index is 12.7. The second-order valence-corrected chi connectivity index (χ2v) is 8.72. The van der Waals surface area contributed by atoms with Crippen molar-refractivity contribution < 1.29 is 19.1 Å². The van der Waals surface area contributed by atoms with Crippen LogP contribution in [0.3, 0.4) is 0 Å². The van der Waals surface area contributed by atoms with E-state index in [1.807, 2.05) is 0 Å². The van der Waals surface area contributed by atoms with E-state index in [9.17, 15) is 9.59 Å². The van der Waals surface area contributed by atoms with E-state index in [2.05, 4.69) is 20.8 Å². The molecule has 0 aliphatic rings. The summed E-state index contributed by atoms with van der Waals surface area (Å²) in [6.45, 7) is 9.15. The Morgan fingerprint density at radius 1 is 0.516 bits per heavy atom. The predicted octanol–water partition coefficient (Wildman–Crippen LogP) is 8.08.